The molecule has 0 amide bonds. The molecule has 3 aromatic rings. The molecule has 0 aliphatic heterocycles. The van der Waals surface area contributed by atoms with E-state index in [2.05, 4.69) is 48.1 Å². The monoisotopic (exact) mass is 490 g/mol. The smallest absolute Gasteiger partial charge is 0.335 e. The number of aromatic nitrogens is 2. The Morgan fingerprint density at radius 2 is 1.50 bits per heavy atom. The molecule has 0 bridgehead atoms. The molecule has 1 heterocycles. The van der Waals surface area contributed by atoms with Crippen molar-refractivity contribution >= 4 is 5.97 Å². The SMILES string of the molecule is CCCCCOC(C)C(=O)OC(C)COc1ccc(-c2cnc(-c3ccc(CCC)cc3)nc2)cc1. The molecule has 2 atom stereocenters. The van der Waals surface area contributed by atoms with Gasteiger partial charge in [-0.2, -0.15) is 0 Å². The van der Waals surface area contributed by atoms with Gasteiger partial charge in [0.15, 0.2) is 11.9 Å². The number of esters is 1. The normalized spacial score (nSPS) is 12.7. The Morgan fingerprint density at radius 1 is 0.833 bits per heavy atom. The van der Waals surface area contributed by atoms with E-state index in [-0.39, 0.29) is 18.7 Å². The zero-order chi connectivity index (χ0) is 25.8. The molecule has 3 rings (SSSR count). The number of unbranched alkanes of at least 4 members (excludes halogenated alkanes) is 2. The molecule has 0 N–H and O–H groups in total. The molecule has 0 fully saturated rings. The van der Waals surface area contributed by atoms with Crippen molar-refractivity contribution in [3.63, 3.8) is 0 Å². The van der Waals surface area contributed by atoms with Gasteiger partial charge in [-0.1, -0.05) is 69.5 Å². The molecule has 0 spiro atoms. The minimum absolute atomic E-state index is 0.266. The van der Waals surface area contributed by atoms with Crippen molar-refractivity contribution < 1.29 is 19.0 Å². The molecule has 192 valence electrons. The van der Waals surface area contributed by atoms with Crippen LogP contribution < -0.4 is 4.74 Å². The number of nitrogens with zero attached hydrogens (tertiary/aromatic N) is 2. The predicted molar refractivity (Wildman–Crippen MR) is 143 cm³/mol. The van der Waals surface area contributed by atoms with E-state index >= 15 is 0 Å². The van der Waals surface area contributed by atoms with Crippen LogP contribution in [0.5, 0.6) is 5.75 Å². The lowest BCUT2D eigenvalue weighted by Crippen LogP contribution is -2.30. The number of carbonyl (C=O) groups excluding carboxylic acids is 1. The lowest BCUT2D eigenvalue weighted by Gasteiger charge is -2.18. The van der Waals surface area contributed by atoms with Crippen LogP contribution in [-0.4, -0.2) is 41.4 Å². The van der Waals surface area contributed by atoms with Gasteiger partial charge in [0.05, 0.1) is 0 Å². The zero-order valence-corrected chi connectivity index (χ0v) is 21.9. The van der Waals surface area contributed by atoms with Gasteiger partial charge in [-0.05, 0) is 49.9 Å². The number of carbonyl (C=O) groups is 1. The standard InChI is InChI=1S/C30H38N2O4/c1-5-7-8-18-34-23(4)30(33)36-22(3)21-35-28-16-14-25(15-17-28)27-19-31-29(32-20-27)26-12-10-24(9-6-2)11-13-26/h10-17,19-20,22-23H,5-9,18,21H2,1-4H3. The Hall–Kier alpha value is -3.25. The van der Waals surface area contributed by atoms with Crippen LogP contribution in [0.2, 0.25) is 0 Å². The second-order valence-electron chi connectivity index (χ2n) is 9.05. The minimum Gasteiger partial charge on any atom is -0.490 e. The molecule has 0 radical (unpaired) electrons. The van der Waals surface area contributed by atoms with E-state index in [0.29, 0.717) is 18.2 Å². The topological polar surface area (TPSA) is 70.5 Å². The molecule has 1 aromatic heterocycles. The van der Waals surface area contributed by atoms with E-state index in [1.807, 2.05) is 43.6 Å². The number of ether oxygens (including phenoxy) is 3. The van der Waals surface area contributed by atoms with Crippen molar-refractivity contribution in [3.8, 4) is 28.3 Å². The first-order valence-corrected chi connectivity index (χ1v) is 13.0. The summed E-state index contributed by atoms with van der Waals surface area (Å²) in [6.45, 7) is 8.68. The first kappa shape index (κ1) is 27.3. The molecular formula is C30H38N2O4. The summed E-state index contributed by atoms with van der Waals surface area (Å²) in [6.07, 6.45) is 8.10. The zero-order valence-electron chi connectivity index (χ0n) is 21.9. The molecule has 0 saturated heterocycles. The fourth-order valence-electron chi connectivity index (χ4n) is 3.70. The Kier molecular flexibility index (Phi) is 10.9. The van der Waals surface area contributed by atoms with Crippen LogP contribution in [0.25, 0.3) is 22.5 Å². The van der Waals surface area contributed by atoms with Crippen LogP contribution in [-0.2, 0) is 20.7 Å². The lowest BCUT2D eigenvalue weighted by atomic mass is 10.1. The maximum absolute atomic E-state index is 12.2. The van der Waals surface area contributed by atoms with Gasteiger partial charge in [0.2, 0.25) is 0 Å². The average molecular weight is 491 g/mol. The summed E-state index contributed by atoms with van der Waals surface area (Å²) in [4.78, 5) is 21.3. The van der Waals surface area contributed by atoms with E-state index in [1.165, 1.54) is 5.56 Å². The molecule has 6 nitrogen and oxygen atoms in total. The molecular weight excluding hydrogens is 452 g/mol. The Bertz CT molecular complexity index is 1050. The van der Waals surface area contributed by atoms with Gasteiger partial charge in [-0.15, -0.1) is 0 Å². The van der Waals surface area contributed by atoms with Crippen LogP contribution in [0, 0.1) is 0 Å². The lowest BCUT2D eigenvalue weighted by molar-refractivity contribution is -0.162. The summed E-state index contributed by atoms with van der Waals surface area (Å²) in [6, 6.07) is 16.1. The van der Waals surface area contributed by atoms with Crippen LogP contribution in [0.4, 0.5) is 0 Å². The number of hydrogen-bond acceptors (Lipinski definition) is 6. The van der Waals surface area contributed by atoms with Crippen molar-refractivity contribution in [1.82, 2.24) is 9.97 Å². The molecule has 0 aliphatic rings. The third-order valence-corrected chi connectivity index (χ3v) is 5.84. The maximum Gasteiger partial charge on any atom is 0.335 e. The first-order chi connectivity index (χ1) is 17.5. The quantitative estimate of drug-likeness (QED) is 0.186. The van der Waals surface area contributed by atoms with Gasteiger partial charge < -0.3 is 14.2 Å². The van der Waals surface area contributed by atoms with E-state index in [4.69, 9.17) is 14.2 Å². The van der Waals surface area contributed by atoms with Gasteiger partial charge in [0.1, 0.15) is 18.5 Å². The molecule has 6 heteroatoms. The van der Waals surface area contributed by atoms with Gasteiger partial charge in [-0.25, -0.2) is 14.8 Å². The van der Waals surface area contributed by atoms with Crippen LogP contribution >= 0.6 is 0 Å². The Morgan fingerprint density at radius 3 is 2.14 bits per heavy atom. The van der Waals surface area contributed by atoms with Crippen molar-refractivity contribution in [3.05, 3.63) is 66.5 Å². The fourth-order valence-corrected chi connectivity index (χ4v) is 3.70. The van der Waals surface area contributed by atoms with Crippen molar-refractivity contribution in [1.29, 1.82) is 0 Å². The maximum atomic E-state index is 12.2. The molecule has 0 saturated carbocycles. The third kappa shape index (κ3) is 8.45. The number of aryl methyl sites for hydroxylation is 1. The van der Waals surface area contributed by atoms with Crippen molar-refractivity contribution in [2.75, 3.05) is 13.2 Å². The summed E-state index contributed by atoms with van der Waals surface area (Å²) in [5.74, 6) is 1.06. The van der Waals surface area contributed by atoms with Gasteiger partial charge >= 0.3 is 5.97 Å². The highest BCUT2D eigenvalue weighted by molar-refractivity contribution is 5.74. The Labute approximate surface area is 215 Å². The van der Waals surface area contributed by atoms with Crippen LogP contribution in [0.1, 0.15) is 58.9 Å². The van der Waals surface area contributed by atoms with E-state index < -0.39 is 6.10 Å². The van der Waals surface area contributed by atoms with Gasteiger partial charge in [0.25, 0.3) is 0 Å². The summed E-state index contributed by atoms with van der Waals surface area (Å²) >= 11 is 0. The highest BCUT2D eigenvalue weighted by atomic mass is 16.6. The fraction of sp³-hybridized carbons (Fsp3) is 0.433. The van der Waals surface area contributed by atoms with Crippen LogP contribution in [0.3, 0.4) is 0 Å². The largest absolute Gasteiger partial charge is 0.490 e. The van der Waals surface area contributed by atoms with Crippen LogP contribution in [0.15, 0.2) is 60.9 Å². The summed E-state index contributed by atoms with van der Waals surface area (Å²) in [7, 11) is 0. The molecule has 2 aromatic carbocycles. The number of hydrogen-bond donors (Lipinski definition) is 0. The average Bonchev–Trinajstić information content (AvgIpc) is 2.91. The van der Waals surface area contributed by atoms with Gasteiger partial charge in [0, 0.05) is 30.1 Å². The summed E-state index contributed by atoms with van der Waals surface area (Å²) < 4.78 is 16.8. The van der Waals surface area contributed by atoms with E-state index in [9.17, 15) is 4.79 Å². The summed E-state index contributed by atoms with van der Waals surface area (Å²) in [5.41, 5.74) is 4.27. The highest BCUT2D eigenvalue weighted by Crippen LogP contribution is 2.23. The second kappa shape index (κ2) is 14.3. The van der Waals surface area contributed by atoms with Gasteiger partial charge in [-0.3, -0.25) is 0 Å². The minimum atomic E-state index is -0.572. The van der Waals surface area contributed by atoms with Crippen molar-refractivity contribution in [2.45, 2.75) is 72.0 Å². The van der Waals surface area contributed by atoms with E-state index in [0.717, 1.165) is 48.8 Å². The highest BCUT2D eigenvalue weighted by Gasteiger charge is 2.18. The number of rotatable bonds is 14. The van der Waals surface area contributed by atoms with Crippen molar-refractivity contribution in [2.24, 2.45) is 0 Å². The molecule has 36 heavy (non-hydrogen) atoms. The van der Waals surface area contributed by atoms with E-state index in [1.54, 1.807) is 6.92 Å². The molecule has 2 unspecified atom stereocenters. The second-order valence-corrected chi connectivity index (χ2v) is 9.05. The first-order valence-electron chi connectivity index (χ1n) is 13.0. The number of benzene rings is 2. The molecule has 0 aliphatic carbocycles. The third-order valence-electron chi connectivity index (χ3n) is 5.84. The Balaban J connectivity index is 1.47. The predicted octanol–water partition coefficient (Wildman–Crippen LogP) is 6.67. The summed E-state index contributed by atoms with van der Waals surface area (Å²) in [5, 5.41) is 0.